The molecule has 0 aromatic carbocycles. The minimum Gasteiger partial charge on any atom is -0.371 e. The highest BCUT2D eigenvalue weighted by Crippen LogP contribution is 2.27. The van der Waals surface area contributed by atoms with Gasteiger partial charge in [-0.25, -0.2) is 0 Å². The summed E-state index contributed by atoms with van der Waals surface area (Å²) in [5, 5.41) is 2.07. The van der Waals surface area contributed by atoms with Gasteiger partial charge in [-0.1, -0.05) is 6.92 Å². The third-order valence-electron chi connectivity index (χ3n) is 2.51. The molecule has 0 spiro atoms. The molecule has 0 aliphatic carbocycles. The molecule has 0 bridgehead atoms. The van der Waals surface area contributed by atoms with Crippen molar-refractivity contribution in [2.45, 2.75) is 13.3 Å². The monoisotopic (exact) mass is 195 g/mol. The molecule has 0 N–H and O–H groups in total. The summed E-state index contributed by atoms with van der Waals surface area (Å²) in [7, 11) is 0. The molecule has 1 aliphatic heterocycles. The van der Waals surface area contributed by atoms with Crippen LogP contribution in [-0.4, -0.2) is 19.4 Å². The predicted molar refractivity (Wildman–Crippen MR) is 55.7 cm³/mol. The van der Waals surface area contributed by atoms with Crippen LogP contribution in [0.25, 0.3) is 0 Å². The van der Waals surface area contributed by atoms with E-state index in [1.807, 2.05) is 6.07 Å². The van der Waals surface area contributed by atoms with Crippen molar-refractivity contribution in [3.8, 4) is 0 Å². The summed E-state index contributed by atoms with van der Waals surface area (Å²) >= 11 is 1.53. The molecule has 1 unspecified atom stereocenters. The number of hydrogen-bond donors (Lipinski definition) is 0. The lowest BCUT2D eigenvalue weighted by molar-refractivity contribution is 0.112. The molecule has 0 amide bonds. The molecule has 2 rings (SSSR count). The molecule has 1 aromatic heterocycles. The van der Waals surface area contributed by atoms with E-state index >= 15 is 0 Å². The van der Waals surface area contributed by atoms with Crippen LogP contribution in [0.5, 0.6) is 0 Å². The van der Waals surface area contributed by atoms with Crippen LogP contribution >= 0.6 is 11.3 Å². The molecule has 0 radical (unpaired) electrons. The number of aldehydes is 1. The van der Waals surface area contributed by atoms with Crippen LogP contribution in [-0.2, 0) is 0 Å². The highest BCUT2D eigenvalue weighted by molar-refractivity contribution is 7.12. The fourth-order valence-electron chi connectivity index (χ4n) is 1.74. The van der Waals surface area contributed by atoms with Gasteiger partial charge in [-0.3, -0.25) is 4.79 Å². The van der Waals surface area contributed by atoms with Crippen LogP contribution in [0.3, 0.4) is 0 Å². The average molecular weight is 195 g/mol. The third kappa shape index (κ3) is 1.75. The molecular weight excluding hydrogens is 182 g/mol. The maximum atomic E-state index is 10.5. The van der Waals surface area contributed by atoms with Crippen molar-refractivity contribution in [2.24, 2.45) is 5.92 Å². The molecule has 1 saturated heterocycles. The summed E-state index contributed by atoms with van der Waals surface area (Å²) in [5.41, 5.74) is 1.22. The Labute approximate surface area is 82.2 Å². The predicted octanol–water partition coefficient (Wildman–Crippen LogP) is 2.41. The molecule has 1 aliphatic rings. The van der Waals surface area contributed by atoms with Crippen LogP contribution in [0.4, 0.5) is 5.69 Å². The quantitative estimate of drug-likeness (QED) is 0.675. The minimum atomic E-state index is 0.791. The van der Waals surface area contributed by atoms with Gasteiger partial charge in [0.2, 0.25) is 0 Å². The molecule has 13 heavy (non-hydrogen) atoms. The molecule has 2 nitrogen and oxygen atoms in total. The number of thiophene rings is 1. The second kappa shape index (κ2) is 3.50. The fraction of sp³-hybridized carbons (Fsp3) is 0.500. The summed E-state index contributed by atoms with van der Waals surface area (Å²) < 4.78 is 0. The number of anilines is 1. The van der Waals surface area contributed by atoms with Gasteiger partial charge in [0.1, 0.15) is 0 Å². The van der Waals surface area contributed by atoms with E-state index in [0.29, 0.717) is 0 Å². The van der Waals surface area contributed by atoms with Crippen LogP contribution in [0, 0.1) is 5.92 Å². The Morgan fingerprint density at radius 2 is 2.54 bits per heavy atom. The smallest absolute Gasteiger partial charge is 0.160 e. The molecule has 2 heterocycles. The zero-order valence-corrected chi connectivity index (χ0v) is 8.51. The van der Waals surface area contributed by atoms with Crippen molar-refractivity contribution in [1.82, 2.24) is 0 Å². The van der Waals surface area contributed by atoms with Gasteiger partial charge in [-0.15, -0.1) is 11.3 Å². The Balaban J connectivity index is 2.12. The first-order chi connectivity index (χ1) is 6.29. The number of rotatable bonds is 2. The van der Waals surface area contributed by atoms with Gasteiger partial charge in [0.25, 0.3) is 0 Å². The summed E-state index contributed by atoms with van der Waals surface area (Å²) in [5.74, 6) is 0.791. The maximum absolute atomic E-state index is 10.5. The second-order valence-electron chi connectivity index (χ2n) is 3.66. The van der Waals surface area contributed by atoms with Crippen molar-refractivity contribution in [1.29, 1.82) is 0 Å². The van der Waals surface area contributed by atoms with E-state index < -0.39 is 0 Å². The Kier molecular flexibility index (Phi) is 2.36. The first-order valence-corrected chi connectivity index (χ1v) is 5.46. The largest absolute Gasteiger partial charge is 0.371 e. The van der Waals surface area contributed by atoms with E-state index in [1.165, 1.54) is 23.4 Å². The Bertz CT molecular complexity index is 308. The fourth-order valence-corrected chi connectivity index (χ4v) is 2.46. The van der Waals surface area contributed by atoms with Crippen molar-refractivity contribution in [2.75, 3.05) is 18.0 Å². The number of carbonyl (C=O) groups excluding carboxylic acids is 1. The van der Waals surface area contributed by atoms with Crippen LogP contribution in [0.2, 0.25) is 0 Å². The number of nitrogens with zero attached hydrogens (tertiary/aromatic N) is 1. The normalized spacial score (nSPS) is 22.2. The Hall–Kier alpha value is -0.830. The van der Waals surface area contributed by atoms with Crippen molar-refractivity contribution >= 4 is 23.3 Å². The van der Waals surface area contributed by atoms with Gasteiger partial charge >= 0.3 is 0 Å². The standard InChI is InChI=1S/C10H13NOS/c1-8-2-3-11(5-8)9-4-10(6-12)13-7-9/h4,6-8H,2-3,5H2,1H3. The molecule has 3 heteroatoms. The topological polar surface area (TPSA) is 20.3 Å². The zero-order valence-electron chi connectivity index (χ0n) is 7.69. The lowest BCUT2D eigenvalue weighted by Crippen LogP contribution is -2.18. The highest BCUT2D eigenvalue weighted by atomic mass is 32.1. The molecule has 1 aromatic rings. The zero-order chi connectivity index (χ0) is 9.26. The van der Waals surface area contributed by atoms with Crippen LogP contribution in [0.1, 0.15) is 23.0 Å². The lowest BCUT2D eigenvalue weighted by Gasteiger charge is -2.15. The minimum absolute atomic E-state index is 0.791. The number of carbonyl (C=O) groups is 1. The van der Waals surface area contributed by atoms with Gasteiger partial charge in [-0.2, -0.15) is 0 Å². The molecule has 0 saturated carbocycles. The van der Waals surface area contributed by atoms with Gasteiger partial charge in [-0.05, 0) is 18.4 Å². The maximum Gasteiger partial charge on any atom is 0.160 e. The highest BCUT2D eigenvalue weighted by Gasteiger charge is 2.19. The average Bonchev–Trinajstić information content (AvgIpc) is 2.71. The van der Waals surface area contributed by atoms with E-state index in [-0.39, 0.29) is 0 Å². The van der Waals surface area contributed by atoms with Gasteiger partial charge < -0.3 is 4.90 Å². The van der Waals surface area contributed by atoms with Crippen molar-refractivity contribution < 1.29 is 4.79 Å². The van der Waals surface area contributed by atoms with Crippen LogP contribution < -0.4 is 4.90 Å². The lowest BCUT2D eigenvalue weighted by atomic mass is 10.2. The first kappa shape index (κ1) is 8.75. The van der Waals surface area contributed by atoms with E-state index in [4.69, 9.17) is 0 Å². The third-order valence-corrected chi connectivity index (χ3v) is 3.36. The van der Waals surface area contributed by atoms with Gasteiger partial charge in [0.15, 0.2) is 6.29 Å². The molecule has 70 valence electrons. The summed E-state index contributed by atoms with van der Waals surface area (Å²) in [6.45, 7) is 4.54. The Morgan fingerprint density at radius 1 is 1.69 bits per heavy atom. The second-order valence-corrected chi connectivity index (χ2v) is 4.61. The summed E-state index contributed by atoms with van der Waals surface area (Å²) in [4.78, 5) is 13.7. The molecular formula is C10H13NOS. The van der Waals surface area contributed by atoms with E-state index in [0.717, 1.165) is 30.2 Å². The van der Waals surface area contributed by atoms with E-state index in [2.05, 4.69) is 17.2 Å². The SMILES string of the molecule is CC1CCN(c2csc(C=O)c2)C1. The van der Waals surface area contributed by atoms with Crippen molar-refractivity contribution in [3.63, 3.8) is 0 Å². The summed E-state index contributed by atoms with van der Waals surface area (Å²) in [6.07, 6.45) is 2.19. The van der Waals surface area contributed by atoms with Gasteiger partial charge in [0, 0.05) is 24.2 Å². The molecule has 1 atom stereocenters. The Morgan fingerprint density at radius 3 is 3.08 bits per heavy atom. The summed E-state index contributed by atoms with van der Waals surface area (Å²) in [6, 6.07) is 1.98. The first-order valence-electron chi connectivity index (χ1n) is 4.58. The number of hydrogen-bond acceptors (Lipinski definition) is 3. The van der Waals surface area contributed by atoms with Crippen molar-refractivity contribution in [3.05, 3.63) is 16.3 Å². The van der Waals surface area contributed by atoms with Gasteiger partial charge in [0.05, 0.1) is 4.88 Å². The van der Waals surface area contributed by atoms with Crippen LogP contribution in [0.15, 0.2) is 11.4 Å². The van der Waals surface area contributed by atoms with E-state index in [1.54, 1.807) is 0 Å². The molecule has 1 fully saturated rings. The van der Waals surface area contributed by atoms with E-state index in [9.17, 15) is 4.79 Å².